The van der Waals surface area contributed by atoms with Gasteiger partial charge in [0.05, 0.1) is 6.21 Å². The number of Topliss-reactive ketones (excluding diaryl/α,β-unsaturated/α-hetero) is 1. The maximum Gasteiger partial charge on any atom is 0.307 e. The van der Waals surface area contributed by atoms with Crippen LogP contribution in [0.15, 0.2) is 68.6 Å². The number of amides is 1. The lowest BCUT2D eigenvalue weighted by atomic mass is 10.0. The van der Waals surface area contributed by atoms with Gasteiger partial charge in [0, 0.05) is 15.4 Å². The van der Waals surface area contributed by atoms with Crippen molar-refractivity contribution in [3.63, 3.8) is 0 Å². The van der Waals surface area contributed by atoms with E-state index in [0.29, 0.717) is 0 Å². The Bertz CT molecular complexity index is 1040. The predicted molar refractivity (Wildman–Crippen MR) is 115 cm³/mol. The second-order valence-corrected chi connectivity index (χ2v) is 7.80. The van der Waals surface area contributed by atoms with Gasteiger partial charge in [-0.1, -0.05) is 74.3 Å². The van der Waals surface area contributed by atoms with Crippen molar-refractivity contribution in [2.24, 2.45) is 5.10 Å². The average molecular weight is 488 g/mol. The molecule has 27 heavy (non-hydrogen) atoms. The molecule has 0 aromatic heterocycles. The van der Waals surface area contributed by atoms with Gasteiger partial charge in [-0.05, 0) is 46.5 Å². The molecular formula is C21H16Br2N2O2. The average Bonchev–Trinajstić information content (AvgIpc) is 2.65. The first-order valence-electron chi connectivity index (χ1n) is 8.23. The number of hydrogen-bond acceptors (Lipinski definition) is 3. The number of benzene rings is 3. The Hall–Kier alpha value is -2.31. The summed E-state index contributed by atoms with van der Waals surface area (Å²) >= 11 is 6.92. The normalized spacial score (nSPS) is 11.1. The van der Waals surface area contributed by atoms with Crippen LogP contribution in [0.3, 0.4) is 0 Å². The Morgan fingerprint density at radius 2 is 1.67 bits per heavy atom. The number of rotatable bonds is 5. The molecule has 0 aliphatic rings. The zero-order valence-electron chi connectivity index (χ0n) is 14.5. The van der Waals surface area contributed by atoms with E-state index in [1.807, 2.05) is 61.5 Å². The second-order valence-electron chi connectivity index (χ2n) is 6.09. The Morgan fingerprint density at radius 3 is 2.37 bits per heavy atom. The molecule has 0 saturated heterocycles. The Kier molecular flexibility index (Phi) is 6.19. The predicted octanol–water partition coefficient (Wildman–Crippen LogP) is 4.94. The number of halogens is 2. The molecule has 0 spiro atoms. The van der Waals surface area contributed by atoms with E-state index < -0.39 is 11.7 Å². The van der Waals surface area contributed by atoms with Crippen molar-refractivity contribution in [2.75, 3.05) is 0 Å². The van der Waals surface area contributed by atoms with E-state index in [1.165, 1.54) is 6.21 Å². The summed E-state index contributed by atoms with van der Waals surface area (Å²) in [6.07, 6.45) is 1.53. The number of carbonyl (C=O) groups is 2. The molecule has 0 atom stereocenters. The van der Waals surface area contributed by atoms with Crippen molar-refractivity contribution in [3.8, 4) is 0 Å². The van der Waals surface area contributed by atoms with Gasteiger partial charge in [0.1, 0.15) is 0 Å². The fourth-order valence-electron chi connectivity index (χ4n) is 2.58. The van der Waals surface area contributed by atoms with Crippen molar-refractivity contribution in [3.05, 3.63) is 80.2 Å². The van der Waals surface area contributed by atoms with E-state index in [0.717, 1.165) is 36.4 Å². The highest BCUT2D eigenvalue weighted by molar-refractivity contribution is 9.11. The molecule has 0 saturated carbocycles. The molecule has 0 aliphatic carbocycles. The first-order valence-corrected chi connectivity index (χ1v) is 9.82. The van der Waals surface area contributed by atoms with Crippen molar-refractivity contribution >= 4 is 60.5 Å². The van der Waals surface area contributed by atoms with Crippen molar-refractivity contribution < 1.29 is 9.59 Å². The first kappa shape index (κ1) is 19.5. The fraction of sp³-hybridized carbons (Fsp3) is 0.0952. The van der Waals surface area contributed by atoms with Gasteiger partial charge >= 0.3 is 5.91 Å². The van der Waals surface area contributed by atoms with Gasteiger partial charge in [-0.15, -0.1) is 0 Å². The third-order valence-electron chi connectivity index (χ3n) is 4.11. The molecular weight excluding hydrogens is 472 g/mol. The minimum Gasteiger partial charge on any atom is -0.288 e. The van der Waals surface area contributed by atoms with E-state index in [4.69, 9.17) is 0 Å². The van der Waals surface area contributed by atoms with Crippen LogP contribution in [0.4, 0.5) is 0 Å². The summed E-state index contributed by atoms with van der Waals surface area (Å²) in [7, 11) is 0. The van der Waals surface area contributed by atoms with Crippen molar-refractivity contribution in [1.29, 1.82) is 0 Å². The van der Waals surface area contributed by atoms with Crippen LogP contribution in [0.1, 0.15) is 16.7 Å². The summed E-state index contributed by atoms with van der Waals surface area (Å²) in [6.45, 7) is 1.97. The number of hydrazone groups is 1. The van der Waals surface area contributed by atoms with Crippen LogP contribution in [0.2, 0.25) is 0 Å². The molecule has 0 unspecified atom stereocenters. The number of fused-ring (bicyclic) bond motifs is 1. The smallest absolute Gasteiger partial charge is 0.288 e. The van der Waals surface area contributed by atoms with Gasteiger partial charge in [0.25, 0.3) is 0 Å². The maximum absolute atomic E-state index is 12.1. The molecule has 3 rings (SSSR count). The molecule has 3 aromatic carbocycles. The van der Waals surface area contributed by atoms with Crippen molar-refractivity contribution in [2.45, 2.75) is 13.3 Å². The summed E-state index contributed by atoms with van der Waals surface area (Å²) in [6, 6.07) is 17.4. The molecule has 6 heteroatoms. The van der Waals surface area contributed by atoms with Crippen LogP contribution in [0.5, 0.6) is 0 Å². The first-order chi connectivity index (χ1) is 12.9. The molecule has 1 N–H and O–H groups in total. The van der Waals surface area contributed by atoms with Crippen LogP contribution < -0.4 is 5.43 Å². The van der Waals surface area contributed by atoms with Crippen LogP contribution >= 0.6 is 31.9 Å². The second kappa shape index (κ2) is 8.59. The van der Waals surface area contributed by atoms with E-state index in [9.17, 15) is 9.59 Å². The largest absolute Gasteiger partial charge is 0.307 e. The summed E-state index contributed by atoms with van der Waals surface area (Å²) in [5.41, 5.74) is 4.95. The summed E-state index contributed by atoms with van der Waals surface area (Å²) in [5, 5.41) is 6.01. The molecule has 0 aliphatic heterocycles. The summed E-state index contributed by atoms with van der Waals surface area (Å²) in [5.74, 6) is -1.27. The van der Waals surface area contributed by atoms with Crippen LogP contribution in [0.25, 0.3) is 10.8 Å². The lowest BCUT2D eigenvalue weighted by Gasteiger charge is -2.04. The fourth-order valence-corrected chi connectivity index (χ4v) is 3.80. The number of hydrogen-bond donors (Lipinski definition) is 1. The SMILES string of the molecule is Cc1c(Br)cc(/C=N\NC(=O)C(=O)Cc2ccc3ccccc3c2)cc1Br. The number of nitrogens with zero attached hydrogens (tertiary/aromatic N) is 1. The quantitative estimate of drug-likeness (QED) is 0.315. The maximum atomic E-state index is 12.1. The molecule has 0 heterocycles. The zero-order chi connectivity index (χ0) is 19.4. The minimum absolute atomic E-state index is 0.0355. The molecule has 3 aromatic rings. The highest BCUT2D eigenvalue weighted by atomic mass is 79.9. The Balaban J connectivity index is 1.62. The topological polar surface area (TPSA) is 58.5 Å². The van der Waals surface area contributed by atoms with E-state index in [2.05, 4.69) is 42.4 Å². The van der Waals surface area contributed by atoms with Crippen LogP contribution in [0, 0.1) is 6.92 Å². The Morgan fingerprint density at radius 1 is 1.00 bits per heavy atom. The van der Waals surface area contributed by atoms with Crippen LogP contribution in [-0.4, -0.2) is 17.9 Å². The number of nitrogens with one attached hydrogen (secondary N) is 1. The molecule has 1 amide bonds. The van der Waals surface area contributed by atoms with Gasteiger partial charge in [0.15, 0.2) is 0 Å². The summed E-state index contributed by atoms with van der Waals surface area (Å²) in [4.78, 5) is 24.1. The lowest BCUT2D eigenvalue weighted by molar-refractivity contribution is -0.137. The zero-order valence-corrected chi connectivity index (χ0v) is 17.7. The highest BCUT2D eigenvalue weighted by Crippen LogP contribution is 2.25. The van der Waals surface area contributed by atoms with Crippen molar-refractivity contribution in [1.82, 2.24) is 5.43 Å². The van der Waals surface area contributed by atoms with Gasteiger partial charge in [-0.3, -0.25) is 9.59 Å². The third kappa shape index (κ3) is 4.90. The monoisotopic (exact) mass is 486 g/mol. The van der Waals surface area contributed by atoms with Crippen LogP contribution in [-0.2, 0) is 16.0 Å². The summed E-state index contributed by atoms with van der Waals surface area (Å²) < 4.78 is 1.86. The molecule has 136 valence electrons. The highest BCUT2D eigenvalue weighted by Gasteiger charge is 2.13. The van der Waals surface area contributed by atoms with E-state index in [-0.39, 0.29) is 6.42 Å². The van der Waals surface area contributed by atoms with Gasteiger partial charge in [0.2, 0.25) is 5.78 Å². The molecule has 0 bridgehead atoms. The molecule has 4 nitrogen and oxygen atoms in total. The Labute approximate surface area is 173 Å². The number of carbonyl (C=O) groups excluding carboxylic acids is 2. The minimum atomic E-state index is -0.732. The van der Waals surface area contributed by atoms with Gasteiger partial charge in [-0.2, -0.15) is 5.10 Å². The molecule has 0 fully saturated rings. The molecule has 0 radical (unpaired) electrons. The van der Waals surface area contributed by atoms with Gasteiger partial charge < -0.3 is 0 Å². The van der Waals surface area contributed by atoms with E-state index >= 15 is 0 Å². The third-order valence-corrected chi connectivity index (χ3v) is 5.76. The van der Waals surface area contributed by atoms with Gasteiger partial charge in [-0.25, -0.2) is 5.43 Å². The standard InChI is InChI=1S/C21H16Br2N2O2/c1-13-18(22)9-15(10-19(13)23)12-24-25-21(27)20(26)11-14-6-7-16-4-2-3-5-17(16)8-14/h2-10,12H,11H2,1H3,(H,25,27)/b24-12-. The lowest BCUT2D eigenvalue weighted by Crippen LogP contribution is -2.28. The van der Waals surface area contributed by atoms with E-state index in [1.54, 1.807) is 0 Å². The number of ketones is 1.